The van der Waals surface area contributed by atoms with Crippen LogP contribution in [0.3, 0.4) is 0 Å². The Morgan fingerprint density at radius 1 is 1.23 bits per heavy atom. The minimum absolute atomic E-state index is 0.0378. The molecule has 3 aliphatic carbocycles. The summed E-state index contributed by atoms with van der Waals surface area (Å²) in [5.74, 6) is -8.19. The van der Waals surface area contributed by atoms with Crippen LogP contribution in [0.15, 0.2) is 23.0 Å². The van der Waals surface area contributed by atoms with Crippen LogP contribution in [-0.2, 0) is 27.3 Å². The summed E-state index contributed by atoms with van der Waals surface area (Å²) < 4.78 is 15.9. The molecule has 0 spiro atoms. The average Bonchev–Trinajstić information content (AvgIpc) is 2.86. The highest BCUT2D eigenvalue weighted by atomic mass is 19.1. The maximum atomic E-state index is 15.9. The first-order valence-corrected chi connectivity index (χ1v) is 13.1. The first-order valence-electron chi connectivity index (χ1n) is 13.1. The van der Waals surface area contributed by atoms with Gasteiger partial charge in [0.25, 0.3) is 5.91 Å². The van der Waals surface area contributed by atoms with Crippen molar-refractivity contribution < 1.29 is 39.2 Å². The lowest BCUT2D eigenvalue weighted by Gasteiger charge is -2.50. The number of carbonyl (C=O) groups excluding carboxylic acids is 3. The van der Waals surface area contributed by atoms with Gasteiger partial charge in [-0.3, -0.25) is 24.2 Å². The molecule has 1 saturated carbocycles. The second-order valence-electron chi connectivity index (χ2n) is 11.0. The molecule has 0 radical (unpaired) electrons. The summed E-state index contributed by atoms with van der Waals surface area (Å²) in [5, 5.41) is 44.6. The van der Waals surface area contributed by atoms with Crippen LogP contribution in [0.25, 0.3) is 5.76 Å². The number of phenolic OH excluding ortho intramolecular Hbond substituents is 1. The summed E-state index contributed by atoms with van der Waals surface area (Å²) in [7, 11) is 3.04. The molecule has 212 valence electrons. The van der Waals surface area contributed by atoms with Crippen molar-refractivity contribution >= 4 is 23.2 Å². The SMILES string of the molecule is CCC(C)N(CC)Cc1cc(O)c2c(c1F)C[C@H]1C[C@H]3[C@H](N(C)C)C(=O)C(C(N)=O)=C(O)[C@@]3(O)C(=O)C1=C2O. The van der Waals surface area contributed by atoms with Crippen molar-refractivity contribution in [1.29, 1.82) is 0 Å². The number of carbonyl (C=O) groups is 3. The molecule has 0 heterocycles. The Morgan fingerprint density at radius 3 is 2.41 bits per heavy atom. The molecule has 11 heteroatoms. The predicted molar refractivity (Wildman–Crippen MR) is 140 cm³/mol. The molecule has 1 aromatic rings. The number of amides is 1. The van der Waals surface area contributed by atoms with E-state index in [-0.39, 0.29) is 47.7 Å². The van der Waals surface area contributed by atoms with Crippen LogP contribution in [0.2, 0.25) is 0 Å². The fourth-order valence-electron chi connectivity index (χ4n) is 6.52. The summed E-state index contributed by atoms with van der Waals surface area (Å²) >= 11 is 0. The Morgan fingerprint density at radius 2 is 1.87 bits per heavy atom. The smallest absolute Gasteiger partial charge is 0.255 e. The van der Waals surface area contributed by atoms with Gasteiger partial charge in [-0.1, -0.05) is 13.8 Å². The van der Waals surface area contributed by atoms with E-state index >= 15 is 4.39 Å². The number of hydrogen-bond donors (Lipinski definition) is 5. The van der Waals surface area contributed by atoms with Crippen molar-refractivity contribution in [1.82, 2.24) is 9.80 Å². The Labute approximate surface area is 226 Å². The number of primary amides is 1. The van der Waals surface area contributed by atoms with Crippen LogP contribution in [0.1, 0.15) is 50.3 Å². The molecule has 6 N–H and O–H groups in total. The van der Waals surface area contributed by atoms with Gasteiger partial charge in [0, 0.05) is 35.2 Å². The lowest BCUT2D eigenvalue weighted by atomic mass is 9.57. The molecule has 5 atom stereocenters. The van der Waals surface area contributed by atoms with E-state index in [9.17, 15) is 34.8 Å². The molecular weight excluding hydrogens is 509 g/mol. The van der Waals surface area contributed by atoms with Crippen molar-refractivity contribution in [3.05, 3.63) is 45.5 Å². The molecule has 0 aromatic heterocycles. The number of Topliss-reactive ketones (excluding diaryl/α,β-unsaturated/α-hetero) is 2. The van der Waals surface area contributed by atoms with E-state index < -0.39 is 69.6 Å². The molecular formula is C28H36FN3O7. The number of hydrogen-bond acceptors (Lipinski definition) is 9. The van der Waals surface area contributed by atoms with Gasteiger partial charge in [-0.15, -0.1) is 0 Å². The summed E-state index contributed by atoms with van der Waals surface area (Å²) in [6.07, 6.45) is 0.666. The van der Waals surface area contributed by atoms with Gasteiger partial charge >= 0.3 is 0 Å². The number of halogens is 1. The number of likely N-dealkylation sites (N-methyl/N-ethyl adjacent to an activating group) is 1. The number of nitrogens with two attached hydrogens (primary N) is 1. The fourth-order valence-corrected chi connectivity index (χ4v) is 6.52. The minimum Gasteiger partial charge on any atom is -0.508 e. The highest BCUT2D eigenvalue weighted by Gasteiger charge is 2.64. The van der Waals surface area contributed by atoms with Crippen LogP contribution < -0.4 is 5.73 Å². The van der Waals surface area contributed by atoms with Crippen LogP contribution in [0, 0.1) is 17.7 Å². The van der Waals surface area contributed by atoms with Crippen LogP contribution in [0.5, 0.6) is 5.75 Å². The molecule has 0 aliphatic heterocycles. The van der Waals surface area contributed by atoms with E-state index in [1.807, 2.05) is 20.8 Å². The Hall–Kier alpha value is -3.28. The summed E-state index contributed by atoms with van der Waals surface area (Å²) in [6.45, 7) is 6.89. The lowest BCUT2D eigenvalue weighted by Crippen LogP contribution is -2.65. The number of aliphatic hydroxyl groups is 3. The maximum Gasteiger partial charge on any atom is 0.255 e. The minimum atomic E-state index is -2.73. The number of nitrogens with zero attached hydrogens (tertiary/aromatic N) is 2. The van der Waals surface area contributed by atoms with Gasteiger partial charge in [0.05, 0.1) is 11.6 Å². The van der Waals surface area contributed by atoms with Gasteiger partial charge in [0.15, 0.2) is 11.4 Å². The molecule has 1 amide bonds. The van der Waals surface area contributed by atoms with Crippen LogP contribution >= 0.6 is 0 Å². The van der Waals surface area contributed by atoms with Gasteiger partial charge in [-0.25, -0.2) is 4.39 Å². The number of aliphatic hydroxyl groups excluding tert-OH is 2. The molecule has 1 unspecified atom stereocenters. The first kappa shape index (κ1) is 28.7. The van der Waals surface area contributed by atoms with Crippen molar-refractivity contribution in [3.8, 4) is 5.75 Å². The van der Waals surface area contributed by atoms with E-state index in [1.54, 1.807) is 0 Å². The van der Waals surface area contributed by atoms with Crippen molar-refractivity contribution in [2.75, 3.05) is 20.6 Å². The molecule has 1 fully saturated rings. The van der Waals surface area contributed by atoms with Crippen molar-refractivity contribution in [2.24, 2.45) is 17.6 Å². The zero-order valence-electron chi connectivity index (χ0n) is 22.8. The third-order valence-electron chi connectivity index (χ3n) is 8.72. The van der Waals surface area contributed by atoms with Gasteiger partial charge < -0.3 is 26.2 Å². The number of benzene rings is 1. The number of fused-ring (bicyclic) bond motifs is 3. The molecule has 0 bridgehead atoms. The molecule has 0 saturated heterocycles. The first-order chi connectivity index (χ1) is 18.2. The van der Waals surface area contributed by atoms with Gasteiger partial charge in [0.1, 0.15) is 28.7 Å². The second-order valence-corrected chi connectivity index (χ2v) is 11.0. The number of aromatic hydroxyl groups is 1. The molecule has 4 rings (SSSR count). The van der Waals surface area contributed by atoms with E-state index in [1.165, 1.54) is 25.1 Å². The van der Waals surface area contributed by atoms with E-state index in [4.69, 9.17) is 5.73 Å². The fraction of sp³-hybridized carbons (Fsp3) is 0.536. The normalized spacial score (nSPS) is 27.6. The van der Waals surface area contributed by atoms with Gasteiger partial charge in [0.2, 0.25) is 5.78 Å². The second kappa shape index (κ2) is 10.0. The third kappa shape index (κ3) is 4.14. The quantitative estimate of drug-likeness (QED) is 0.321. The highest BCUT2D eigenvalue weighted by molar-refractivity contribution is 6.24. The van der Waals surface area contributed by atoms with Crippen LogP contribution in [0.4, 0.5) is 4.39 Å². The van der Waals surface area contributed by atoms with E-state index in [2.05, 4.69) is 4.90 Å². The Kier molecular flexibility index (Phi) is 7.39. The molecule has 3 aliphatic rings. The van der Waals surface area contributed by atoms with Gasteiger partial charge in [-0.05, 0) is 58.8 Å². The van der Waals surface area contributed by atoms with E-state index in [0.29, 0.717) is 6.54 Å². The monoisotopic (exact) mass is 545 g/mol. The summed E-state index contributed by atoms with van der Waals surface area (Å²) in [6, 6.07) is 0.199. The Bertz CT molecular complexity index is 1320. The molecule has 1 aromatic carbocycles. The zero-order valence-corrected chi connectivity index (χ0v) is 22.8. The Balaban J connectivity index is 1.88. The van der Waals surface area contributed by atoms with E-state index in [0.717, 1.165) is 6.42 Å². The lowest BCUT2D eigenvalue weighted by molar-refractivity contribution is -0.153. The summed E-state index contributed by atoms with van der Waals surface area (Å²) in [5.41, 5.74) is 1.45. The topological polar surface area (TPSA) is 165 Å². The van der Waals surface area contributed by atoms with Crippen molar-refractivity contribution in [3.63, 3.8) is 0 Å². The average molecular weight is 546 g/mol. The number of ketones is 2. The standard InChI is InChI=1S/C28H36FN3O7/c1-6-12(3)32(7-2)11-14-10-17(33)19-15(21(14)29)8-13-9-16-22(31(4)5)24(35)20(27(30)38)26(37)28(16,39)25(36)18(13)23(19)34/h10,12-13,16,22,33-34,37,39H,6-9,11H2,1-5H3,(H2,30,38)/t12?,13-,16-,22-,28-/m0/s1. The largest absolute Gasteiger partial charge is 0.508 e. The third-order valence-corrected chi connectivity index (χ3v) is 8.72. The van der Waals surface area contributed by atoms with Crippen molar-refractivity contribution in [2.45, 2.75) is 64.3 Å². The zero-order chi connectivity index (χ0) is 29.1. The molecule has 10 nitrogen and oxygen atoms in total. The number of rotatable bonds is 7. The highest BCUT2D eigenvalue weighted by Crippen LogP contribution is 2.53. The van der Waals surface area contributed by atoms with Gasteiger partial charge in [-0.2, -0.15) is 0 Å². The number of phenols is 1. The summed E-state index contributed by atoms with van der Waals surface area (Å²) in [4.78, 5) is 42.5. The van der Waals surface area contributed by atoms with Crippen LogP contribution in [-0.4, -0.2) is 86.0 Å². The maximum absolute atomic E-state index is 15.9. The predicted octanol–water partition coefficient (Wildman–Crippen LogP) is 1.72. The molecule has 39 heavy (non-hydrogen) atoms.